The number of aromatic nitrogens is 1. The van der Waals surface area contributed by atoms with Crippen LogP contribution >= 0.6 is 0 Å². The molecular formula is C25H29NO5. The molecule has 6 nitrogen and oxygen atoms in total. The summed E-state index contributed by atoms with van der Waals surface area (Å²) in [6.07, 6.45) is 5.91. The van der Waals surface area contributed by atoms with E-state index in [1.54, 1.807) is 13.1 Å². The fourth-order valence-corrected chi connectivity index (χ4v) is 3.23. The van der Waals surface area contributed by atoms with E-state index in [2.05, 4.69) is 18.5 Å². The quantitative estimate of drug-likeness (QED) is 0.263. The molecule has 0 aliphatic heterocycles. The van der Waals surface area contributed by atoms with Gasteiger partial charge < -0.3 is 19.0 Å². The second-order valence-electron chi connectivity index (χ2n) is 7.57. The molecule has 0 spiro atoms. The minimum Gasteiger partial charge on any atom is -0.491 e. The van der Waals surface area contributed by atoms with Crippen LogP contribution in [-0.2, 0) is 16.0 Å². The number of aliphatic hydroxyl groups is 1. The number of rotatable bonds is 11. The van der Waals surface area contributed by atoms with Gasteiger partial charge in [-0.2, -0.15) is 0 Å². The minimum absolute atomic E-state index is 0.188. The summed E-state index contributed by atoms with van der Waals surface area (Å²) < 4.78 is 16.8. The lowest BCUT2D eigenvalue weighted by Crippen LogP contribution is -2.17. The maximum absolute atomic E-state index is 11.3. The zero-order valence-corrected chi connectivity index (χ0v) is 18.1. The first-order valence-electron chi connectivity index (χ1n) is 10.6. The van der Waals surface area contributed by atoms with Gasteiger partial charge in [0.2, 0.25) is 0 Å². The van der Waals surface area contributed by atoms with Gasteiger partial charge in [0.25, 0.3) is 0 Å². The highest BCUT2D eigenvalue weighted by Gasteiger charge is 2.12. The molecule has 2 aromatic heterocycles. The number of unbranched alkanes of at least 4 members (excludes halogenated alkanes) is 1. The number of ether oxygens (including phenoxy) is 2. The highest BCUT2D eigenvalue weighted by atomic mass is 16.5. The molecule has 0 aliphatic carbocycles. The molecule has 0 radical (unpaired) electrons. The van der Waals surface area contributed by atoms with Gasteiger partial charge in [-0.1, -0.05) is 13.5 Å². The Balaban J connectivity index is 1.51. The second kappa shape index (κ2) is 10.8. The smallest absolute Gasteiger partial charge is 0.333 e. The SMILES string of the molecule is C=C(C)C(=O)OCCCCC(O)COc1ccc2cc(-c3cnccc3CC)oc2c1. The summed E-state index contributed by atoms with van der Waals surface area (Å²) in [5, 5.41) is 11.1. The number of esters is 1. The van der Waals surface area contributed by atoms with Gasteiger partial charge in [0, 0.05) is 35.0 Å². The lowest BCUT2D eigenvalue weighted by molar-refractivity contribution is -0.139. The number of pyridine rings is 1. The molecule has 0 fully saturated rings. The Bertz CT molecular complexity index is 1040. The number of fused-ring (bicyclic) bond motifs is 1. The van der Waals surface area contributed by atoms with Crippen molar-refractivity contribution in [1.82, 2.24) is 4.98 Å². The van der Waals surface area contributed by atoms with Crippen molar-refractivity contribution in [3.63, 3.8) is 0 Å². The first-order valence-corrected chi connectivity index (χ1v) is 10.6. The van der Waals surface area contributed by atoms with E-state index >= 15 is 0 Å². The Morgan fingerprint density at radius 2 is 2.10 bits per heavy atom. The van der Waals surface area contributed by atoms with Crippen molar-refractivity contribution in [3.05, 3.63) is 60.4 Å². The Kier molecular flexibility index (Phi) is 7.84. The molecular weight excluding hydrogens is 394 g/mol. The first kappa shape index (κ1) is 22.6. The van der Waals surface area contributed by atoms with Crippen LogP contribution in [0.1, 0.15) is 38.7 Å². The number of nitrogens with zero attached hydrogens (tertiary/aromatic N) is 1. The number of carbonyl (C=O) groups excluding carboxylic acids is 1. The number of furan rings is 1. The molecule has 1 unspecified atom stereocenters. The van der Waals surface area contributed by atoms with Gasteiger partial charge in [0.05, 0.1) is 12.7 Å². The summed E-state index contributed by atoms with van der Waals surface area (Å²) in [6, 6.07) is 9.66. The lowest BCUT2D eigenvalue weighted by atomic mass is 10.1. The van der Waals surface area contributed by atoms with E-state index in [9.17, 15) is 9.90 Å². The average molecular weight is 424 g/mol. The van der Waals surface area contributed by atoms with Crippen molar-refractivity contribution < 1.29 is 23.8 Å². The number of aliphatic hydroxyl groups excluding tert-OH is 1. The Hall–Kier alpha value is -3.12. The zero-order chi connectivity index (χ0) is 22.2. The molecule has 0 saturated heterocycles. The normalized spacial score (nSPS) is 12.0. The number of carbonyl (C=O) groups is 1. The van der Waals surface area contributed by atoms with Gasteiger partial charge >= 0.3 is 5.97 Å². The van der Waals surface area contributed by atoms with Gasteiger partial charge in [0.15, 0.2) is 0 Å². The summed E-state index contributed by atoms with van der Waals surface area (Å²) in [5.41, 5.74) is 3.30. The fraction of sp³-hybridized carbons (Fsp3) is 0.360. The van der Waals surface area contributed by atoms with Crippen molar-refractivity contribution in [2.75, 3.05) is 13.2 Å². The third kappa shape index (κ3) is 6.18. The molecule has 0 saturated carbocycles. The molecule has 3 aromatic rings. The van der Waals surface area contributed by atoms with Crippen LogP contribution in [0.25, 0.3) is 22.3 Å². The topological polar surface area (TPSA) is 81.8 Å². The van der Waals surface area contributed by atoms with Crippen molar-refractivity contribution in [1.29, 1.82) is 0 Å². The summed E-state index contributed by atoms with van der Waals surface area (Å²) in [4.78, 5) is 15.5. The van der Waals surface area contributed by atoms with E-state index in [1.165, 1.54) is 5.56 Å². The molecule has 0 aliphatic rings. The third-order valence-electron chi connectivity index (χ3n) is 5.00. The third-order valence-corrected chi connectivity index (χ3v) is 5.00. The monoisotopic (exact) mass is 423 g/mol. The van der Waals surface area contributed by atoms with Gasteiger partial charge in [-0.05, 0) is 62.4 Å². The highest BCUT2D eigenvalue weighted by Crippen LogP contribution is 2.31. The molecule has 0 bridgehead atoms. The number of hydrogen-bond acceptors (Lipinski definition) is 6. The first-order chi connectivity index (χ1) is 15.0. The molecule has 6 heteroatoms. The summed E-state index contributed by atoms with van der Waals surface area (Å²) in [6.45, 7) is 7.77. The Labute approximate surface area is 182 Å². The van der Waals surface area contributed by atoms with Crippen molar-refractivity contribution in [3.8, 4) is 17.1 Å². The Morgan fingerprint density at radius 1 is 1.26 bits per heavy atom. The van der Waals surface area contributed by atoms with Gasteiger partial charge in [0.1, 0.15) is 23.7 Å². The molecule has 2 heterocycles. The molecule has 1 atom stereocenters. The van der Waals surface area contributed by atoms with Crippen LogP contribution in [0, 0.1) is 0 Å². The fourth-order valence-electron chi connectivity index (χ4n) is 3.23. The highest BCUT2D eigenvalue weighted by molar-refractivity contribution is 5.87. The summed E-state index contributed by atoms with van der Waals surface area (Å²) >= 11 is 0. The van der Waals surface area contributed by atoms with Crippen molar-refractivity contribution >= 4 is 16.9 Å². The van der Waals surface area contributed by atoms with E-state index in [-0.39, 0.29) is 12.6 Å². The van der Waals surface area contributed by atoms with E-state index in [4.69, 9.17) is 13.9 Å². The predicted molar refractivity (Wildman–Crippen MR) is 120 cm³/mol. The average Bonchev–Trinajstić information content (AvgIpc) is 3.20. The number of aryl methyl sites for hydroxylation is 1. The van der Waals surface area contributed by atoms with Crippen molar-refractivity contribution in [2.24, 2.45) is 0 Å². The number of benzene rings is 1. The predicted octanol–water partition coefficient (Wildman–Crippen LogP) is 5.09. The zero-order valence-electron chi connectivity index (χ0n) is 18.1. The van der Waals surface area contributed by atoms with Crippen molar-refractivity contribution in [2.45, 2.75) is 45.6 Å². The Morgan fingerprint density at radius 3 is 2.87 bits per heavy atom. The van der Waals surface area contributed by atoms with Gasteiger partial charge in [-0.25, -0.2) is 4.79 Å². The van der Waals surface area contributed by atoms with E-state index < -0.39 is 6.10 Å². The molecule has 0 amide bonds. The number of hydrogen-bond donors (Lipinski definition) is 1. The molecule has 31 heavy (non-hydrogen) atoms. The van der Waals surface area contributed by atoms with E-state index in [1.807, 2.05) is 36.5 Å². The van der Waals surface area contributed by atoms with Crippen LogP contribution < -0.4 is 4.74 Å². The lowest BCUT2D eigenvalue weighted by Gasteiger charge is -2.12. The van der Waals surface area contributed by atoms with Crippen LogP contribution in [0.4, 0.5) is 0 Å². The summed E-state index contributed by atoms with van der Waals surface area (Å²) in [5.74, 6) is 1.05. The van der Waals surface area contributed by atoms with Crippen LogP contribution in [-0.4, -0.2) is 35.4 Å². The minimum atomic E-state index is -0.595. The maximum atomic E-state index is 11.3. The van der Waals surface area contributed by atoms with Gasteiger partial charge in [-0.3, -0.25) is 4.98 Å². The van der Waals surface area contributed by atoms with Gasteiger partial charge in [-0.15, -0.1) is 0 Å². The largest absolute Gasteiger partial charge is 0.491 e. The molecule has 1 aromatic carbocycles. The van der Waals surface area contributed by atoms with Crippen LogP contribution in [0.2, 0.25) is 0 Å². The molecule has 164 valence electrons. The second-order valence-corrected chi connectivity index (χ2v) is 7.57. The summed E-state index contributed by atoms with van der Waals surface area (Å²) in [7, 11) is 0. The van der Waals surface area contributed by atoms with E-state index in [0.29, 0.717) is 30.8 Å². The van der Waals surface area contributed by atoms with Crippen LogP contribution in [0.3, 0.4) is 0 Å². The maximum Gasteiger partial charge on any atom is 0.333 e. The molecule has 1 N–H and O–H groups in total. The van der Waals surface area contributed by atoms with E-state index in [0.717, 1.165) is 35.1 Å². The molecule has 3 rings (SSSR count). The van der Waals surface area contributed by atoms with Crippen LogP contribution in [0.15, 0.2) is 59.3 Å². The van der Waals surface area contributed by atoms with Crippen LogP contribution in [0.5, 0.6) is 5.75 Å². The standard InChI is InChI=1S/C25H29NO5/c1-4-18-10-11-26-15-22(18)24-13-19-8-9-21(14-23(19)31-24)30-16-20(27)7-5-6-12-29-25(28)17(2)3/h8-11,13-15,20,27H,2,4-7,12,16H2,1,3H3.